The van der Waals surface area contributed by atoms with Gasteiger partial charge >= 0.3 is 6.03 Å². The molecule has 1 atom stereocenters. The summed E-state index contributed by atoms with van der Waals surface area (Å²) in [7, 11) is 1.72. The molecular weight excluding hydrogens is 436 g/mol. The summed E-state index contributed by atoms with van der Waals surface area (Å²) in [6.45, 7) is 10.2. The van der Waals surface area contributed by atoms with Gasteiger partial charge in [-0.05, 0) is 79.8 Å². The standard InChI is InChI=1S/C29H32N4O2/c1-18(2)22-12-14-23(15-13-22)30-29(35)32(6)21(5)27-31-26-10-8-7-9-25(26)28(34)33(27)24-16-11-19(3)20(4)17-24/h7-18,21H,1-6H3,(H,30,35). The Morgan fingerprint density at radius 1 is 0.943 bits per heavy atom. The molecule has 0 aliphatic heterocycles. The van der Waals surface area contributed by atoms with Gasteiger partial charge in [0, 0.05) is 12.7 Å². The van der Waals surface area contributed by atoms with Crippen molar-refractivity contribution in [3.05, 3.63) is 99.6 Å². The summed E-state index contributed by atoms with van der Waals surface area (Å²) in [5.74, 6) is 0.924. The van der Waals surface area contributed by atoms with Gasteiger partial charge in [-0.25, -0.2) is 9.78 Å². The third-order valence-electron chi connectivity index (χ3n) is 6.65. The number of aryl methyl sites for hydroxylation is 2. The zero-order valence-electron chi connectivity index (χ0n) is 21.2. The molecule has 0 aliphatic rings. The van der Waals surface area contributed by atoms with Crippen molar-refractivity contribution >= 4 is 22.6 Å². The summed E-state index contributed by atoms with van der Waals surface area (Å²) in [5, 5.41) is 3.50. The van der Waals surface area contributed by atoms with Crippen molar-refractivity contribution in [2.75, 3.05) is 12.4 Å². The van der Waals surface area contributed by atoms with Crippen LogP contribution in [0.4, 0.5) is 10.5 Å². The van der Waals surface area contributed by atoms with Crippen LogP contribution in [0, 0.1) is 13.8 Å². The minimum atomic E-state index is -0.469. The maximum atomic E-state index is 13.6. The van der Waals surface area contributed by atoms with Gasteiger partial charge in [0.05, 0.1) is 22.6 Å². The lowest BCUT2D eigenvalue weighted by atomic mass is 10.0. The van der Waals surface area contributed by atoms with Crippen LogP contribution in [-0.2, 0) is 0 Å². The van der Waals surface area contributed by atoms with Crippen molar-refractivity contribution in [2.24, 2.45) is 0 Å². The van der Waals surface area contributed by atoms with Crippen LogP contribution in [0.5, 0.6) is 0 Å². The van der Waals surface area contributed by atoms with Gasteiger partial charge in [0.25, 0.3) is 5.56 Å². The molecule has 0 bridgehead atoms. The number of nitrogens with zero attached hydrogens (tertiary/aromatic N) is 3. The maximum Gasteiger partial charge on any atom is 0.322 e. The van der Waals surface area contributed by atoms with Crippen LogP contribution in [0.15, 0.2) is 71.5 Å². The molecule has 4 aromatic rings. The van der Waals surface area contributed by atoms with Gasteiger partial charge in [-0.2, -0.15) is 0 Å². The summed E-state index contributed by atoms with van der Waals surface area (Å²) in [6.07, 6.45) is 0. The van der Waals surface area contributed by atoms with Crippen molar-refractivity contribution in [2.45, 2.75) is 46.6 Å². The molecule has 6 heteroatoms. The number of nitrogens with one attached hydrogen (secondary N) is 1. The second kappa shape index (κ2) is 9.74. The van der Waals surface area contributed by atoms with Crippen molar-refractivity contribution < 1.29 is 4.79 Å². The highest BCUT2D eigenvalue weighted by atomic mass is 16.2. The number of carbonyl (C=O) groups is 1. The fraction of sp³-hybridized carbons (Fsp3) is 0.276. The minimum absolute atomic E-state index is 0.154. The molecule has 1 unspecified atom stereocenters. The summed E-state index contributed by atoms with van der Waals surface area (Å²) >= 11 is 0. The Morgan fingerprint density at radius 3 is 2.29 bits per heavy atom. The fourth-order valence-corrected chi connectivity index (χ4v) is 4.06. The number of hydrogen-bond donors (Lipinski definition) is 1. The van der Waals surface area contributed by atoms with E-state index in [4.69, 9.17) is 4.98 Å². The first kappa shape index (κ1) is 24.2. The Hall–Kier alpha value is -3.93. The van der Waals surface area contributed by atoms with E-state index in [1.165, 1.54) is 5.56 Å². The van der Waals surface area contributed by atoms with Crippen molar-refractivity contribution in [3.8, 4) is 5.69 Å². The molecule has 1 aromatic heterocycles. The van der Waals surface area contributed by atoms with Crippen LogP contribution in [-0.4, -0.2) is 27.5 Å². The molecule has 0 fully saturated rings. The summed E-state index contributed by atoms with van der Waals surface area (Å²) in [6, 6.07) is 20.3. The molecule has 35 heavy (non-hydrogen) atoms. The molecule has 2 amide bonds. The highest BCUT2D eigenvalue weighted by Crippen LogP contribution is 2.24. The van der Waals surface area contributed by atoms with E-state index in [-0.39, 0.29) is 11.6 Å². The van der Waals surface area contributed by atoms with E-state index in [9.17, 15) is 9.59 Å². The monoisotopic (exact) mass is 468 g/mol. The van der Waals surface area contributed by atoms with Gasteiger partial charge < -0.3 is 10.2 Å². The molecule has 3 aromatic carbocycles. The second-order valence-corrected chi connectivity index (χ2v) is 9.39. The smallest absolute Gasteiger partial charge is 0.318 e. The van der Waals surface area contributed by atoms with E-state index < -0.39 is 6.04 Å². The molecule has 4 rings (SSSR count). The Balaban J connectivity index is 1.73. The summed E-state index contributed by atoms with van der Waals surface area (Å²) < 4.78 is 1.63. The number of benzene rings is 3. The Labute approximate surface area is 206 Å². The molecule has 180 valence electrons. The van der Waals surface area contributed by atoms with E-state index in [0.29, 0.717) is 22.6 Å². The van der Waals surface area contributed by atoms with Gasteiger partial charge in [0.1, 0.15) is 5.82 Å². The number of hydrogen-bond acceptors (Lipinski definition) is 3. The molecule has 0 saturated carbocycles. The zero-order valence-corrected chi connectivity index (χ0v) is 21.2. The SMILES string of the molecule is Cc1ccc(-n2c(C(C)N(C)C(=O)Nc3ccc(C(C)C)cc3)nc3ccccc3c2=O)cc1C. The molecule has 1 N–H and O–H groups in total. The molecule has 0 saturated heterocycles. The van der Waals surface area contributed by atoms with Crippen molar-refractivity contribution in [1.82, 2.24) is 14.5 Å². The third-order valence-corrected chi connectivity index (χ3v) is 6.65. The lowest BCUT2D eigenvalue weighted by Crippen LogP contribution is -2.37. The summed E-state index contributed by atoms with van der Waals surface area (Å²) in [4.78, 5) is 33.2. The van der Waals surface area contributed by atoms with Gasteiger partial charge in [0.15, 0.2) is 0 Å². The maximum absolute atomic E-state index is 13.6. The van der Waals surface area contributed by atoms with E-state index in [0.717, 1.165) is 22.5 Å². The number of rotatable bonds is 5. The quantitative estimate of drug-likeness (QED) is 0.371. The van der Waals surface area contributed by atoms with E-state index in [1.54, 1.807) is 22.6 Å². The number of anilines is 1. The predicted molar refractivity (Wildman–Crippen MR) is 143 cm³/mol. The van der Waals surface area contributed by atoms with Gasteiger partial charge in [0.2, 0.25) is 0 Å². The minimum Gasteiger partial charge on any atom is -0.318 e. The van der Waals surface area contributed by atoms with Crippen LogP contribution >= 0.6 is 0 Å². The largest absolute Gasteiger partial charge is 0.322 e. The average molecular weight is 469 g/mol. The van der Waals surface area contributed by atoms with Crippen LogP contribution in [0.3, 0.4) is 0 Å². The number of carbonyl (C=O) groups excluding carboxylic acids is 1. The van der Waals surface area contributed by atoms with Crippen molar-refractivity contribution in [1.29, 1.82) is 0 Å². The number of fused-ring (bicyclic) bond motifs is 1. The van der Waals surface area contributed by atoms with E-state index >= 15 is 0 Å². The van der Waals surface area contributed by atoms with Crippen molar-refractivity contribution in [3.63, 3.8) is 0 Å². The van der Waals surface area contributed by atoms with E-state index in [1.807, 2.05) is 81.4 Å². The molecule has 6 nitrogen and oxygen atoms in total. The lowest BCUT2D eigenvalue weighted by molar-refractivity contribution is 0.205. The first-order chi connectivity index (χ1) is 16.7. The van der Waals surface area contributed by atoms with Crippen LogP contribution in [0.2, 0.25) is 0 Å². The fourth-order valence-electron chi connectivity index (χ4n) is 4.06. The number of para-hydroxylation sites is 1. The average Bonchev–Trinajstić information content (AvgIpc) is 2.85. The second-order valence-electron chi connectivity index (χ2n) is 9.39. The van der Waals surface area contributed by atoms with Gasteiger partial charge in [-0.1, -0.05) is 44.2 Å². The van der Waals surface area contributed by atoms with Gasteiger partial charge in [-0.15, -0.1) is 0 Å². The number of urea groups is 1. The number of aromatic nitrogens is 2. The first-order valence-electron chi connectivity index (χ1n) is 11.9. The van der Waals surface area contributed by atoms with E-state index in [2.05, 4.69) is 19.2 Å². The molecular formula is C29H32N4O2. The lowest BCUT2D eigenvalue weighted by Gasteiger charge is -2.27. The highest BCUT2D eigenvalue weighted by molar-refractivity contribution is 5.89. The van der Waals surface area contributed by atoms with Crippen LogP contribution in [0.25, 0.3) is 16.6 Å². The van der Waals surface area contributed by atoms with Crippen LogP contribution < -0.4 is 10.9 Å². The molecule has 0 radical (unpaired) electrons. The first-order valence-corrected chi connectivity index (χ1v) is 11.9. The molecule has 1 heterocycles. The third kappa shape index (κ3) is 4.83. The Morgan fingerprint density at radius 2 is 1.63 bits per heavy atom. The Kier molecular flexibility index (Phi) is 6.74. The normalized spacial score (nSPS) is 12.1. The zero-order chi connectivity index (χ0) is 25.3. The van der Waals surface area contributed by atoms with Crippen LogP contribution in [0.1, 0.15) is 55.2 Å². The topological polar surface area (TPSA) is 67.2 Å². The predicted octanol–water partition coefficient (Wildman–Crippen LogP) is 6.35. The molecule has 0 aliphatic carbocycles. The summed E-state index contributed by atoms with van der Waals surface area (Å²) in [5.41, 5.74) is 5.34. The highest BCUT2D eigenvalue weighted by Gasteiger charge is 2.24. The Bertz CT molecular complexity index is 1440. The molecule has 0 spiro atoms. The number of amides is 2. The van der Waals surface area contributed by atoms with Gasteiger partial charge in [-0.3, -0.25) is 9.36 Å².